The Balaban J connectivity index is 2.50. The van der Waals surface area contributed by atoms with E-state index in [1.165, 1.54) is 4.90 Å². The van der Waals surface area contributed by atoms with Crippen LogP contribution in [0.3, 0.4) is 0 Å². The molecule has 2 unspecified atom stereocenters. The molecule has 0 aliphatic carbocycles. The molecule has 0 saturated heterocycles. The summed E-state index contributed by atoms with van der Waals surface area (Å²) in [6, 6.07) is 10.2. The summed E-state index contributed by atoms with van der Waals surface area (Å²) in [6.45, 7) is 10.7. The average Bonchev–Trinajstić information content (AvgIpc) is 2.87. The van der Waals surface area contributed by atoms with Gasteiger partial charge in [-0.25, -0.2) is 4.79 Å². The molecule has 9 nitrogen and oxygen atoms in total. The van der Waals surface area contributed by atoms with Crippen molar-refractivity contribution in [1.82, 2.24) is 10.2 Å². The number of carbonyl (C=O) groups excluding carboxylic acids is 3. The number of hydrogen-bond donors (Lipinski definition) is 3. The molecule has 2 rings (SSSR count). The highest BCUT2D eigenvalue weighted by Crippen LogP contribution is 2.27. The van der Waals surface area contributed by atoms with E-state index in [9.17, 15) is 19.5 Å². The number of anilines is 1. The van der Waals surface area contributed by atoms with Crippen LogP contribution in [0.25, 0.3) is 0 Å². The number of carbonyl (C=O) groups is 3. The van der Waals surface area contributed by atoms with E-state index in [4.69, 9.17) is 9.47 Å². The molecular weight excluding hydrogens is 498 g/mol. The van der Waals surface area contributed by atoms with Gasteiger partial charge in [-0.2, -0.15) is 0 Å². The van der Waals surface area contributed by atoms with E-state index in [-0.39, 0.29) is 6.54 Å². The standard InChI is InChI=1S/C30H43N3O6/c1-8-9-10-17-33(28(36)25(19-34)32-29(37)39-30(4,5)6)26(22-12-11-20(2)21(3)18-22)27(35)31-23-13-15-24(38-7)16-14-23/h11-16,18,25-26,34H,8-10,17,19H2,1-7H3,(H,31,35)(H,32,37). The molecule has 214 valence electrons. The topological polar surface area (TPSA) is 117 Å². The van der Waals surface area contributed by atoms with Crippen molar-refractivity contribution in [3.8, 4) is 5.75 Å². The summed E-state index contributed by atoms with van der Waals surface area (Å²) in [6.07, 6.45) is 1.57. The summed E-state index contributed by atoms with van der Waals surface area (Å²) < 4.78 is 10.5. The summed E-state index contributed by atoms with van der Waals surface area (Å²) in [7, 11) is 1.56. The van der Waals surface area contributed by atoms with Crippen molar-refractivity contribution < 1.29 is 29.0 Å². The number of aryl methyl sites for hydroxylation is 2. The van der Waals surface area contributed by atoms with Gasteiger partial charge in [0.15, 0.2) is 0 Å². The first-order valence-electron chi connectivity index (χ1n) is 13.3. The van der Waals surface area contributed by atoms with Crippen LogP contribution < -0.4 is 15.4 Å². The molecule has 3 N–H and O–H groups in total. The van der Waals surface area contributed by atoms with E-state index in [2.05, 4.69) is 10.6 Å². The summed E-state index contributed by atoms with van der Waals surface area (Å²) in [5.74, 6) is -0.344. The molecule has 2 aromatic rings. The van der Waals surface area contributed by atoms with Crippen LogP contribution in [0.4, 0.5) is 10.5 Å². The molecular formula is C30H43N3O6. The maximum Gasteiger partial charge on any atom is 0.408 e. The zero-order valence-electron chi connectivity index (χ0n) is 24.2. The molecule has 0 aliphatic rings. The molecule has 2 atom stereocenters. The molecule has 0 radical (unpaired) electrons. The predicted octanol–water partition coefficient (Wildman–Crippen LogP) is 4.90. The second-order valence-corrected chi connectivity index (χ2v) is 10.6. The van der Waals surface area contributed by atoms with Gasteiger partial charge in [0, 0.05) is 12.2 Å². The van der Waals surface area contributed by atoms with Crippen LogP contribution in [0, 0.1) is 13.8 Å². The van der Waals surface area contributed by atoms with Crippen molar-refractivity contribution >= 4 is 23.6 Å². The Kier molecular flexibility index (Phi) is 11.8. The van der Waals surface area contributed by atoms with E-state index < -0.39 is 42.2 Å². The fourth-order valence-corrected chi connectivity index (χ4v) is 4.03. The Hall–Kier alpha value is -3.59. The molecule has 0 saturated carbocycles. The number of hydrogen-bond acceptors (Lipinski definition) is 6. The highest BCUT2D eigenvalue weighted by atomic mass is 16.6. The normalized spacial score (nSPS) is 12.7. The largest absolute Gasteiger partial charge is 0.497 e. The molecule has 0 spiro atoms. The minimum absolute atomic E-state index is 0.257. The van der Waals surface area contributed by atoms with Gasteiger partial charge in [0.05, 0.1) is 13.7 Å². The van der Waals surface area contributed by atoms with Gasteiger partial charge < -0.3 is 30.1 Å². The number of methoxy groups -OCH3 is 1. The van der Waals surface area contributed by atoms with E-state index in [0.717, 1.165) is 24.0 Å². The molecule has 39 heavy (non-hydrogen) atoms. The summed E-state index contributed by atoms with van der Waals surface area (Å²) in [5.41, 5.74) is 2.41. The number of unbranched alkanes of at least 4 members (excludes halogenated alkanes) is 2. The van der Waals surface area contributed by atoms with Gasteiger partial charge in [0.2, 0.25) is 5.91 Å². The Morgan fingerprint density at radius 2 is 1.67 bits per heavy atom. The van der Waals surface area contributed by atoms with Crippen molar-refractivity contribution in [2.75, 3.05) is 25.6 Å². The van der Waals surface area contributed by atoms with Gasteiger partial charge in [-0.15, -0.1) is 0 Å². The second-order valence-electron chi connectivity index (χ2n) is 10.6. The number of aliphatic hydroxyl groups is 1. The van der Waals surface area contributed by atoms with Crippen LogP contribution in [0.5, 0.6) is 5.75 Å². The Labute approximate surface area is 231 Å². The lowest BCUT2D eigenvalue weighted by molar-refractivity contribution is -0.141. The third kappa shape index (κ3) is 9.58. The molecule has 9 heteroatoms. The lowest BCUT2D eigenvalue weighted by Gasteiger charge is -2.34. The number of alkyl carbamates (subject to hydrolysis) is 1. The van der Waals surface area contributed by atoms with Crippen LogP contribution in [-0.4, -0.2) is 59.8 Å². The van der Waals surface area contributed by atoms with Crippen LogP contribution in [0.2, 0.25) is 0 Å². The van der Waals surface area contributed by atoms with Crippen molar-refractivity contribution in [1.29, 1.82) is 0 Å². The molecule has 2 aromatic carbocycles. The fourth-order valence-electron chi connectivity index (χ4n) is 4.03. The number of aliphatic hydroxyl groups excluding tert-OH is 1. The first kappa shape index (κ1) is 31.6. The van der Waals surface area contributed by atoms with Gasteiger partial charge in [-0.3, -0.25) is 9.59 Å². The van der Waals surface area contributed by atoms with E-state index in [0.29, 0.717) is 23.4 Å². The molecule has 0 heterocycles. The van der Waals surface area contributed by atoms with Crippen LogP contribution in [0.1, 0.15) is 69.7 Å². The smallest absolute Gasteiger partial charge is 0.408 e. The molecule has 3 amide bonds. The van der Waals surface area contributed by atoms with Gasteiger partial charge in [-0.05, 0) is 82.0 Å². The van der Waals surface area contributed by atoms with Crippen LogP contribution in [0.15, 0.2) is 42.5 Å². The quantitative estimate of drug-likeness (QED) is 0.329. The second kappa shape index (κ2) is 14.5. The van der Waals surface area contributed by atoms with Crippen LogP contribution in [-0.2, 0) is 14.3 Å². The third-order valence-electron chi connectivity index (χ3n) is 6.22. The number of nitrogens with one attached hydrogen (secondary N) is 2. The third-order valence-corrected chi connectivity index (χ3v) is 6.22. The van der Waals surface area contributed by atoms with Gasteiger partial charge in [-0.1, -0.05) is 38.0 Å². The zero-order valence-corrected chi connectivity index (χ0v) is 24.2. The van der Waals surface area contributed by atoms with Crippen molar-refractivity contribution in [2.45, 2.75) is 78.5 Å². The maximum absolute atomic E-state index is 13.9. The number of ether oxygens (including phenoxy) is 2. The van der Waals surface area contributed by atoms with E-state index in [1.807, 2.05) is 39.0 Å². The summed E-state index contributed by atoms with van der Waals surface area (Å²) in [4.78, 5) is 41.6. The van der Waals surface area contributed by atoms with Gasteiger partial charge >= 0.3 is 6.09 Å². The van der Waals surface area contributed by atoms with Crippen molar-refractivity contribution in [2.24, 2.45) is 0 Å². The molecule has 0 aromatic heterocycles. The monoisotopic (exact) mass is 541 g/mol. The minimum atomic E-state index is -1.29. The SMILES string of the molecule is CCCCCN(C(=O)C(CO)NC(=O)OC(C)(C)C)C(C(=O)Nc1ccc(OC)cc1)c1ccc(C)c(C)c1. The first-order chi connectivity index (χ1) is 18.4. The lowest BCUT2D eigenvalue weighted by Crippen LogP contribution is -2.54. The molecule has 0 fully saturated rings. The summed E-state index contributed by atoms with van der Waals surface area (Å²) >= 11 is 0. The lowest BCUT2D eigenvalue weighted by atomic mass is 9.98. The fraction of sp³-hybridized carbons (Fsp3) is 0.500. The number of nitrogens with zero attached hydrogens (tertiary/aromatic N) is 1. The minimum Gasteiger partial charge on any atom is -0.497 e. The average molecular weight is 542 g/mol. The number of rotatable bonds is 12. The van der Waals surface area contributed by atoms with Crippen molar-refractivity contribution in [3.05, 3.63) is 59.2 Å². The highest BCUT2D eigenvalue weighted by Gasteiger charge is 2.36. The number of amides is 3. The Morgan fingerprint density at radius 1 is 1.00 bits per heavy atom. The maximum atomic E-state index is 13.9. The predicted molar refractivity (Wildman–Crippen MR) is 152 cm³/mol. The summed E-state index contributed by atoms with van der Waals surface area (Å²) in [5, 5.41) is 15.5. The van der Waals surface area contributed by atoms with Crippen LogP contribution >= 0.6 is 0 Å². The molecule has 0 aliphatic heterocycles. The van der Waals surface area contributed by atoms with E-state index in [1.54, 1.807) is 52.1 Å². The highest BCUT2D eigenvalue weighted by molar-refractivity contribution is 5.99. The van der Waals surface area contributed by atoms with E-state index >= 15 is 0 Å². The van der Waals surface area contributed by atoms with Gasteiger partial charge in [0.25, 0.3) is 5.91 Å². The zero-order chi connectivity index (χ0) is 29.2. The first-order valence-corrected chi connectivity index (χ1v) is 13.3. The van der Waals surface area contributed by atoms with Gasteiger partial charge in [0.1, 0.15) is 23.4 Å². The Bertz CT molecular complexity index is 1110. The molecule has 0 bridgehead atoms. The van der Waals surface area contributed by atoms with Crippen molar-refractivity contribution in [3.63, 3.8) is 0 Å². The number of benzene rings is 2. The Morgan fingerprint density at radius 3 is 2.21 bits per heavy atom.